The SMILES string of the molecule is C[C@@]1(O)C[C@@H]2OC(=O)[C@@H]3C[C@H](Br)[C@@H](Br)C(=O)[C@@]1(Br)[C@H]23. The van der Waals surface area contributed by atoms with E-state index in [1.807, 2.05) is 0 Å². The summed E-state index contributed by atoms with van der Waals surface area (Å²) >= 11 is 10.4. The van der Waals surface area contributed by atoms with Gasteiger partial charge >= 0.3 is 5.97 Å². The van der Waals surface area contributed by atoms with Crippen LogP contribution in [0.15, 0.2) is 0 Å². The van der Waals surface area contributed by atoms with Crippen molar-refractivity contribution in [2.24, 2.45) is 11.8 Å². The van der Waals surface area contributed by atoms with Crippen molar-refractivity contribution in [2.45, 2.75) is 45.4 Å². The number of ketones is 1. The molecule has 2 saturated carbocycles. The zero-order valence-electron chi connectivity index (χ0n) is 10.1. The molecule has 7 heteroatoms. The number of Topliss-reactive ketones (excluding diaryl/α,β-unsaturated/α-hetero) is 1. The molecule has 0 spiro atoms. The summed E-state index contributed by atoms with van der Waals surface area (Å²) in [6.45, 7) is 1.64. The summed E-state index contributed by atoms with van der Waals surface area (Å²) in [6, 6.07) is 0. The van der Waals surface area contributed by atoms with Gasteiger partial charge in [0.2, 0.25) is 0 Å². The first kappa shape index (κ1) is 14.5. The molecule has 1 aliphatic heterocycles. The summed E-state index contributed by atoms with van der Waals surface area (Å²) in [5.41, 5.74) is -1.22. The number of hydrogen-bond donors (Lipinski definition) is 1. The molecule has 106 valence electrons. The van der Waals surface area contributed by atoms with Gasteiger partial charge in [-0.25, -0.2) is 0 Å². The van der Waals surface area contributed by atoms with Crippen molar-refractivity contribution in [3.8, 4) is 0 Å². The Morgan fingerprint density at radius 1 is 1.37 bits per heavy atom. The number of rotatable bonds is 0. The number of aliphatic hydroxyl groups is 1. The average molecular weight is 461 g/mol. The molecule has 1 heterocycles. The molecule has 0 amide bonds. The van der Waals surface area contributed by atoms with Gasteiger partial charge in [0.1, 0.15) is 10.4 Å². The Morgan fingerprint density at radius 2 is 2.00 bits per heavy atom. The van der Waals surface area contributed by atoms with Crippen LogP contribution in [0.4, 0.5) is 0 Å². The van der Waals surface area contributed by atoms with Crippen LogP contribution in [0.25, 0.3) is 0 Å². The number of esters is 1. The van der Waals surface area contributed by atoms with Gasteiger partial charge in [0, 0.05) is 17.2 Å². The van der Waals surface area contributed by atoms with E-state index in [2.05, 4.69) is 47.8 Å². The van der Waals surface area contributed by atoms with Crippen molar-refractivity contribution in [3.63, 3.8) is 0 Å². The molecule has 0 bridgehead atoms. The average Bonchev–Trinajstić information content (AvgIpc) is 2.67. The van der Waals surface area contributed by atoms with Crippen molar-refractivity contribution in [3.05, 3.63) is 0 Å². The van der Waals surface area contributed by atoms with E-state index in [1.54, 1.807) is 6.92 Å². The molecule has 3 rings (SSSR count). The highest BCUT2D eigenvalue weighted by Crippen LogP contribution is 2.60. The summed E-state index contributed by atoms with van der Waals surface area (Å²) in [6.07, 6.45) is 0.447. The van der Waals surface area contributed by atoms with Gasteiger partial charge in [-0.3, -0.25) is 9.59 Å². The lowest BCUT2D eigenvalue weighted by Gasteiger charge is -2.37. The van der Waals surface area contributed by atoms with E-state index in [4.69, 9.17) is 4.74 Å². The third-order valence-electron chi connectivity index (χ3n) is 4.65. The Balaban J connectivity index is 2.16. The van der Waals surface area contributed by atoms with E-state index >= 15 is 0 Å². The summed E-state index contributed by atoms with van der Waals surface area (Å²) in [7, 11) is 0. The fourth-order valence-electron chi connectivity index (χ4n) is 3.72. The first-order valence-electron chi connectivity index (χ1n) is 6.14. The number of alkyl halides is 3. The minimum absolute atomic E-state index is 0.118. The number of carbonyl (C=O) groups excluding carboxylic acids is 2. The minimum Gasteiger partial charge on any atom is -0.462 e. The van der Waals surface area contributed by atoms with Crippen LogP contribution in [-0.4, -0.2) is 42.5 Å². The fourth-order valence-corrected chi connectivity index (χ4v) is 6.27. The van der Waals surface area contributed by atoms with E-state index in [0.717, 1.165) is 0 Å². The molecule has 3 aliphatic rings. The lowest BCUT2D eigenvalue weighted by Crippen LogP contribution is -2.55. The quantitative estimate of drug-likeness (QED) is 0.443. The molecule has 3 fully saturated rings. The minimum atomic E-state index is -1.22. The van der Waals surface area contributed by atoms with Crippen molar-refractivity contribution < 1.29 is 19.4 Å². The highest BCUT2D eigenvalue weighted by molar-refractivity contribution is 9.12. The first-order valence-corrected chi connectivity index (χ1v) is 8.77. The molecule has 4 nitrogen and oxygen atoms in total. The van der Waals surface area contributed by atoms with Gasteiger partial charge in [-0.15, -0.1) is 0 Å². The maximum atomic E-state index is 12.7. The second-order valence-corrected chi connectivity index (χ2v) is 9.23. The van der Waals surface area contributed by atoms with E-state index in [-0.39, 0.29) is 34.5 Å². The van der Waals surface area contributed by atoms with E-state index < -0.39 is 14.8 Å². The molecule has 2 aliphatic carbocycles. The number of carbonyl (C=O) groups is 2. The summed E-state index contributed by atoms with van der Waals surface area (Å²) in [5, 5.41) is 10.7. The third kappa shape index (κ3) is 1.71. The molecule has 1 saturated heterocycles. The molecule has 19 heavy (non-hydrogen) atoms. The van der Waals surface area contributed by atoms with Crippen LogP contribution < -0.4 is 0 Å². The van der Waals surface area contributed by atoms with Crippen LogP contribution in [-0.2, 0) is 14.3 Å². The van der Waals surface area contributed by atoms with Gasteiger partial charge in [-0.2, -0.15) is 0 Å². The zero-order valence-corrected chi connectivity index (χ0v) is 14.9. The van der Waals surface area contributed by atoms with Crippen LogP contribution in [0, 0.1) is 11.8 Å². The van der Waals surface area contributed by atoms with Crippen LogP contribution in [0.2, 0.25) is 0 Å². The van der Waals surface area contributed by atoms with Crippen LogP contribution in [0.5, 0.6) is 0 Å². The second kappa shape index (κ2) is 4.27. The van der Waals surface area contributed by atoms with Gasteiger partial charge in [0.05, 0.1) is 16.3 Å². The van der Waals surface area contributed by atoms with Gasteiger partial charge in [-0.05, 0) is 13.3 Å². The van der Waals surface area contributed by atoms with Gasteiger partial charge < -0.3 is 9.84 Å². The Morgan fingerprint density at radius 3 is 2.63 bits per heavy atom. The van der Waals surface area contributed by atoms with Crippen molar-refractivity contribution in [1.29, 1.82) is 0 Å². The van der Waals surface area contributed by atoms with E-state index in [9.17, 15) is 14.7 Å². The molecular weight excluding hydrogens is 448 g/mol. The highest BCUT2D eigenvalue weighted by Gasteiger charge is 2.72. The first-order chi connectivity index (χ1) is 8.70. The fraction of sp³-hybridized carbons (Fsp3) is 0.833. The number of hydrogen-bond acceptors (Lipinski definition) is 4. The molecular formula is C12H13Br3O4. The molecule has 7 atom stereocenters. The molecule has 0 aromatic rings. The standard InChI is InChI=1S/C12H13Br3O4/c1-11(18)3-6-7-4(10(17)19-6)2-5(13)8(14)9(16)12(7,11)15/h4-8,18H,2-3H2,1H3/t4-,5+,6+,7+,8-,11-,12+/m1/s1. The lowest BCUT2D eigenvalue weighted by atomic mass is 9.78. The largest absolute Gasteiger partial charge is 0.462 e. The molecule has 1 N–H and O–H groups in total. The molecule has 0 radical (unpaired) electrons. The normalized spacial score (nSPS) is 56.8. The number of halogens is 3. The third-order valence-corrected chi connectivity index (χ3v) is 9.09. The number of ether oxygens (including phenoxy) is 1. The highest BCUT2D eigenvalue weighted by atomic mass is 79.9. The van der Waals surface area contributed by atoms with Crippen molar-refractivity contribution in [1.82, 2.24) is 0 Å². The summed E-state index contributed by atoms with van der Waals surface area (Å²) < 4.78 is 4.24. The Bertz CT molecular complexity index is 466. The maximum absolute atomic E-state index is 12.7. The van der Waals surface area contributed by atoms with Crippen LogP contribution in [0.1, 0.15) is 19.8 Å². The smallest absolute Gasteiger partial charge is 0.309 e. The van der Waals surface area contributed by atoms with Gasteiger partial charge in [0.25, 0.3) is 0 Å². The Kier molecular flexibility index (Phi) is 3.25. The maximum Gasteiger partial charge on any atom is 0.309 e. The van der Waals surface area contributed by atoms with Crippen LogP contribution in [0.3, 0.4) is 0 Å². The van der Waals surface area contributed by atoms with Gasteiger partial charge in [0.15, 0.2) is 5.78 Å². The van der Waals surface area contributed by atoms with E-state index in [1.165, 1.54) is 0 Å². The van der Waals surface area contributed by atoms with E-state index in [0.29, 0.717) is 12.8 Å². The predicted molar refractivity (Wildman–Crippen MR) is 78.8 cm³/mol. The summed E-state index contributed by atoms with van der Waals surface area (Å²) in [5.74, 6) is -1.03. The molecule has 0 unspecified atom stereocenters. The monoisotopic (exact) mass is 458 g/mol. The van der Waals surface area contributed by atoms with Crippen molar-refractivity contribution >= 4 is 59.5 Å². The van der Waals surface area contributed by atoms with Crippen LogP contribution >= 0.6 is 47.8 Å². The molecule has 0 aromatic carbocycles. The molecule has 0 aromatic heterocycles. The Labute approximate surface area is 136 Å². The predicted octanol–water partition coefficient (Wildman–Crippen LogP) is 1.93. The summed E-state index contributed by atoms with van der Waals surface area (Å²) in [4.78, 5) is 24.2. The van der Waals surface area contributed by atoms with Gasteiger partial charge in [-0.1, -0.05) is 47.8 Å². The Hall–Kier alpha value is 0.540. The van der Waals surface area contributed by atoms with Crippen molar-refractivity contribution in [2.75, 3.05) is 0 Å². The second-order valence-electron chi connectivity index (χ2n) is 5.82. The lowest BCUT2D eigenvalue weighted by molar-refractivity contribution is -0.145. The zero-order chi connectivity index (χ0) is 14.2. The topological polar surface area (TPSA) is 63.6 Å².